The number of hydrogen-bond donors (Lipinski definition) is 2. The maximum absolute atomic E-state index is 11.9. The summed E-state index contributed by atoms with van der Waals surface area (Å²) in [6.07, 6.45) is 1.49. The van der Waals surface area contributed by atoms with Crippen molar-refractivity contribution >= 4 is 24.0 Å². The van der Waals surface area contributed by atoms with Crippen molar-refractivity contribution in [3.05, 3.63) is 30.3 Å². The highest BCUT2D eigenvalue weighted by atomic mass is 16.5. The van der Waals surface area contributed by atoms with Crippen molar-refractivity contribution in [3.63, 3.8) is 0 Å². The van der Waals surface area contributed by atoms with Gasteiger partial charge in [-0.25, -0.2) is 19.6 Å². The Morgan fingerprint density at radius 3 is 2.47 bits per heavy atom. The lowest BCUT2D eigenvalue weighted by Crippen LogP contribution is -2.49. The third-order valence-corrected chi connectivity index (χ3v) is 2.24. The Labute approximate surface area is 110 Å². The Bertz CT molecular complexity index is 450. The summed E-state index contributed by atoms with van der Waals surface area (Å²) < 4.78 is 0. The van der Waals surface area contributed by atoms with Gasteiger partial charge in [-0.2, -0.15) is 0 Å². The third-order valence-electron chi connectivity index (χ3n) is 2.24. The number of amides is 4. The number of imide groups is 1. The molecule has 0 fully saturated rings. The molecule has 0 saturated heterocycles. The first-order valence-electron chi connectivity index (χ1n) is 5.60. The largest absolute Gasteiger partial charge is 0.356 e. The summed E-state index contributed by atoms with van der Waals surface area (Å²) in [5.41, 5.74) is 0.281. The first-order chi connectivity index (χ1) is 9.11. The minimum Gasteiger partial charge on any atom is -0.330 e. The number of hydroxylamine groups is 2. The van der Waals surface area contributed by atoms with E-state index < -0.39 is 12.1 Å². The molecule has 0 saturated carbocycles. The average molecular weight is 264 g/mol. The number of para-hydroxylation sites is 1. The lowest BCUT2D eigenvalue weighted by Gasteiger charge is -2.24. The van der Waals surface area contributed by atoms with Crippen molar-refractivity contribution in [2.75, 3.05) is 18.0 Å². The Morgan fingerprint density at radius 1 is 1.32 bits per heavy atom. The van der Waals surface area contributed by atoms with Gasteiger partial charge in [-0.05, 0) is 19.1 Å². The van der Waals surface area contributed by atoms with Gasteiger partial charge in [0.15, 0.2) is 0 Å². The van der Waals surface area contributed by atoms with Crippen molar-refractivity contribution in [2.45, 2.75) is 6.92 Å². The molecule has 0 aliphatic carbocycles. The summed E-state index contributed by atoms with van der Waals surface area (Å²) >= 11 is 0. The molecule has 2 N–H and O–H groups in total. The van der Waals surface area contributed by atoms with Crippen LogP contribution in [0.3, 0.4) is 0 Å². The molecule has 4 amide bonds. The minimum absolute atomic E-state index is 0.0231. The quantitative estimate of drug-likeness (QED) is 0.630. The molecular weight excluding hydrogens is 250 g/mol. The lowest BCUT2D eigenvalue weighted by molar-refractivity contribution is -0.0346. The third kappa shape index (κ3) is 3.78. The molecule has 0 aromatic heterocycles. The molecule has 0 heterocycles. The second kappa shape index (κ2) is 7.12. The maximum atomic E-state index is 11.9. The SMILES string of the molecule is CCN(O)C(=O)N(C(=O)NC[C]=O)c1ccccc1. The summed E-state index contributed by atoms with van der Waals surface area (Å²) in [4.78, 5) is 34.6. The molecular formula is C12H14N3O4. The van der Waals surface area contributed by atoms with Crippen molar-refractivity contribution in [2.24, 2.45) is 0 Å². The standard InChI is InChI=1S/C12H14N3O4/c1-2-14(19)12(18)15(11(17)13-8-9-16)10-6-4-3-5-7-10/h3-7,19H,2,8H2,1H3,(H,13,17). The van der Waals surface area contributed by atoms with Gasteiger partial charge in [0, 0.05) is 6.54 Å². The molecule has 1 radical (unpaired) electrons. The van der Waals surface area contributed by atoms with Gasteiger partial charge in [0.2, 0.25) is 6.29 Å². The highest BCUT2D eigenvalue weighted by Crippen LogP contribution is 2.15. The van der Waals surface area contributed by atoms with Gasteiger partial charge in [-0.3, -0.25) is 10.0 Å². The highest BCUT2D eigenvalue weighted by molar-refractivity contribution is 6.13. The number of benzene rings is 1. The van der Waals surface area contributed by atoms with Crippen molar-refractivity contribution in [3.8, 4) is 0 Å². The van der Waals surface area contributed by atoms with E-state index in [1.807, 2.05) is 0 Å². The van der Waals surface area contributed by atoms with Gasteiger partial charge >= 0.3 is 12.1 Å². The fourth-order valence-electron chi connectivity index (χ4n) is 1.33. The highest BCUT2D eigenvalue weighted by Gasteiger charge is 2.26. The second-order valence-electron chi connectivity index (χ2n) is 3.47. The molecule has 1 aromatic rings. The number of nitrogens with one attached hydrogen (secondary N) is 1. The van der Waals surface area contributed by atoms with Gasteiger partial charge < -0.3 is 5.32 Å². The van der Waals surface area contributed by atoms with E-state index in [1.165, 1.54) is 18.4 Å². The molecule has 19 heavy (non-hydrogen) atoms. The Balaban J connectivity index is 3.01. The Hall–Kier alpha value is -2.41. The number of anilines is 1. The van der Waals surface area contributed by atoms with Crippen LogP contribution >= 0.6 is 0 Å². The van der Waals surface area contributed by atoms with Crippen LogP contribution < -0.4 is 10.2 Å². The van der Waals surface area contributed by atoms with Gasteiger partial charge in [-0.1, -0.05) is 18.2 Å². The van der Waals surface area contributed by atoms with E-state index in [1.54, 1.807) is 25.1 Å². The molecule has 0 aliphatic heterocycles. The Kier molecular flexibility index (Phi) is 5.49. The zero-order chi connectivity index (χ0) is 14.3. The van der Waals surface area contributed by atoms with Crippen molar-refractivity contribution < 1.29 is 19.6 Å². The van der Waals surface area contributed by atoms with Crippen molar-refractivity contribution in [1.29, 1.82) is 0 Å². The fourth-order valence-corrected chi connectivity index (χ4v) is 1.33. The summed E-state index contributed by atoms with van der Waals surface area (Å²) in [6.45, 7) is 1.24. The molecule has 101 valence electrons. The zero-order valence-electron chi connectivity index (χ0n) is 10.4. The van der Waals surface area contributed by atoms with Crippen LogP contribution in [0, 0.1) is 0 Å². The molecule has 0 unspecified atom stereocenters. The molecule has 1 rings (SSSR count). The summed E-state index contributed by atoms with van der Waals surface area (Å²) in [5, 5.41) is 12.0. The van der Waals surface area contributed by atoms with Crippen LogP contribution in [-0.2, 0) is 4.79 Å². The normalized spacial score (nSPS) is 9.58. The number of carbonyl (C=O) groups is 2. The monoisotopic (exact) mass is 264 g/mol. The smallest absolute Gasteiger partial charge is 0.330 e. The van der Waals surface area contributed by atoms with Crippen LogP contribution in [0.5, 0.6) is 0 Å². The van der Waals surface area contributed by atoms with Gasteiger partial charge in [0.1, 0.15) is 0 Å². The van der Waals surface area contributed by atoms with Crippen molar-refractivity contribution in [1.82, 2.24) is 10.4 Å². The zero-order valence-corrected chi connectivity index (χ0v) is 10.4. The predicted octanol–water partition coefficient (Wildman–Crippen LogP) is 1.14. The molecule has 0 atom stereocenters. The first-order valence-corrected chi connectivity index (χ1v) is 5.60. The van der Waals surface area contributed by atoms with E-state index in [-0.39, 0.29) is 18.8 Å². The van der Waals surface area contributed by atoms with Crippen LogP contribution in [0.4, 0.5) is 15.3 Å². The number of urea groups is 2. The molecule has 7 nitrogen and oxygen atoms in total. The van der Waals surface area contributed by atoms with E-state index in [2.05, 4.69) is 5.32 Å². The number of nitrogens with zero attached hydrogens (tertiary/aromatic N) is 2. The van der Waals surface area contributed by atoms with Crippen LogP contribution in [-0.4, -0.2) is 41.7 Å². The van der Waals surface area contributed by atoms with Gasteiger partial charge in [0.25, 0.3) is 0 Å². The molecule has 0 spiro atoms. The Morgan fingerprint density at radius 2 is 1.95 bits per heavy atom. The van der Waals surface area contributed by atoms with E-state index in [9.17, 15) is 19.6 Å². The van der Waals surface area contributed by atoms with E-state index in [0.717, 1.165) is 4.90 Å². The molecule has 7 heteroatoms. The fraction of sp³-hybridized carbons (Fsp3) is 0.250. The predicted molar refractivity (Wildman–Crippen MR) is 67.6 cm³/mol. The number of carbonyl (C=O) groups excluding carboxylic acids is 3. The van der Waals surface area contributed by atoms with E-state index >= 15 is 0 Å². The lowest BCUT2D eigenvalue weighted by atomic mass is 10.3. The van der Waals surface area contributed by atoms with Gasteiger partial charge in [-0.15, -0.1) is 0 Å². The van der Waals surface area contributed by atoms with Crippen LogP contribution in [0.25, 0.3) is 0 Å². The van der Waals surface area contributed by atoms with E-state index in [0.29, 0.717) is 5.06 Å². The van der Waals surface area contributed by atoms with Crippen LogP contribution in [0.15, 0.2) is 30.3 Å². The number of rotatable bonds is 4. The summed E-state index contributed by atoms with van der Waals surface area (Å²) in [5.74, 6) is 0. The van der Waals surface area contributed by atoms with Gasteiger partial charge in [0.05, 0.1) is 12.2 Å². The second-order valence-corrected chi connectivity index (χ2v) is 3.47. The summed E-state index contributed by atoms with van der Waals surface area (Å²) in [7, 11) is 0. The first kappa shape index (κ1) is 14.7. The number of hydrogen-bond acceptors (Lipinski definition) is 4. The maximum Gasteiger partial charge on any atom is 0.356 e. The topological polar surface area (TPSA) is 89.9 Å². The average Bonchev–Trinajstić information content (AvgIpc) is 2.45. The minimum atomic E-state index is -0.905. The van der Waals surface area contributed by atoms with Crippen LogP contribution in [0.2, 0.25) is 0 Å². The van der Waals surface area contributed by atoms with E-state index in [4.69, 9.17) is 0 Å². The molecule has 0 aliphatic rings. The van der Waals surface area contributed by atoms with Crippen LogP contribution in [0.1, 0.15) is 6.92 Å². The molecule has 1 aromatic carbocycles. The summed E-state index contributed by atoms with van der Waals surface area (Å²) in [6, 6.07) is 6.35. The molecule has 0 bridgehead atoms.